The zero-order valence-corrected chi connectivity index (χ0v) is 20.8. The number of likely N-dealkylation sites (tertiary alicyclic amines) is 2. The quantitative estimate of drug-likeness (QED) is 0.621. The van der Waals surface area contributed by atoms with Crippen LogP contribution in [0.5, 0.6) is 0 Å². The van der Waals surface area contributed by atoms with Gasteiger partial charge in [0.2, 0.25) is 5.91 Å². The van der Waals surface area contributed by atoms with E-state index in [9.17, 15) is 9.59 Å². The third kappa shape index (κ3) is 5.02. The molecule has 2 aliphatic heterocycles. The molecule has 178 valence electrons. The topological polar surface area (TPSA) is 45.6 Å². The lowest BCUT2D eigenvalue weighted by Gasteiger charge is -2.34. The molecular formula is C28H39N3O2. The zero-order chi connectivity index (χ0) is 23.5. The van der Waals surface area contributed by atoms with Crippen molar-refractivity contribution in [1.82, 2.24) is 14.4 Å². The highest BCUT2D eigenvalue weighted by molar-refractivity contribution is 5.96. The molecule has 0 radical (unpaired) electrons. The zero-order valence-electron chi connectivity index (χ0n) is 20.8. The first-order valence-electron chi connectivity index (χ1n) is 12.7. The fourth-order valence-corrected chi connectivity index (χ4v) is 5.45. The Morgan fingerprint density at radius 2 is 1.55 bits per heavy atom. The molecule has 0 unspecified atom stereocenters. The molecule has 5 heteroatoms. The number of rotatable bonds is 4. The number of carbonyl (C=O) groups is 2. The van der Waals surface area contributed by atoms with Crippen LogP contribution in [0.15, 0.2) is 30.3 Å². The maximum atomic E-state index is 13.4. The second-order valence-corrected chi connectivity index (χ2v) is 10.2. The highest BCUT2D eigenvalue weighted by atomic mass is 16.2. The van der Waals surface area contributed by atoms with E-state index in [0.29, 0.717) is 24.9 Å². The van der Waals surface area contributed by atoms with Gasteiger partial charge in [0.05, 0.1) is 5.56 Å². The second-order valence-electron chi connectivity index (χ2n) is 10.2. The van der Waals surface area contributed by atoms with Crippen LogP contribution in [0.4, 0.5) is 0 Å². The van der Waals surface area contributed by atoms with Crippen molar-refractivity contribution < 1.29 is 9.59 Å². The largest absolute Gasteiger partial charge is 0.342 e. The lowest BCUT2D eigenvalue weighted by molar-refractivity contribution is -0.136. The summed E-state index contributed by atoms with van der Waals surface area (Å²) in [6.45, 7) is 11.6. The van der Waals surface area contributed by atoms with Gasteiger partial charge in [0, 0.05) is 49.2 Å². The number of amides is 2. The summed E-state index contributed by atoms with van der Waals surface area (Å²) in [5.41, 5.74) is 5.24. The van der Waals surface area contributed by atoms with Crippen molar-refractivity contribution in [3.63, 3.8) is 0 Å². The van der Waals surface area contributed by atoms with Crippen LogP contribution in [-0.4, -0.2) is 52.4 Å². The number of hydrogen-bond donors (Lipinski definition) is 0. The third-order valence-corrected chi connectivity index (χ3v) is 7.51. The van der Waals surface area contributed by atoms with Gasteiger partial charge in [-0.3, -0.25) is 9.59 Å². The van der Waals surface area contributed by atoms with Crippen LogP contribution in [0.2, 0.25) is 0 Å². The monoisotopic (exact) mass is 449 g/mol. The molecule has 0 bridgehead atoms. The summed E-state index contributed by atoms with van der Waals surface area (Å²) in [6, 6.07) is 10.6. The Morgan fingerprint density at radius 3 is 2.18 bits per heavy atom. The molecule has 33 heavy (non-hydrogen) atoms. The number of aromatic nitrogens is 1. The Kier molecular flexibility index (Phi) is 7.26. The van der Waals surface area contributed by atoms with Crippen molar-refractivity contribution in [2.24, 2.45) is 5.92 Å². The number of aryl methyl sites for hydroxylation is 1. The Bertz CT molecular complexity index is 991. The van der Waals surface area contributed by atoms with Gasteiger partial charge in [0.1, 0.15) is 0 Å². The van der Waals surface area contributed by atoms with E-state index in [1.807, 2.05) is 17.9 Å². The molecule has 1 aromatic heterocycles. The molecule has 4 rings (SSSR count). The van der Waals surface area contributed by atoms with Gasteiger partial charge in [0.15, 0.2) is 0 Å². The molecule has 0 atom stereocenters. The molecule has 5 nitrogen and oxygen atoms in total. The molecule has 2 saturated heterocycles. The van der Waals surface area contributed by atoms with Gasteiger partial charge in [-0.05, 0) is 69.2 Å². The molecule has 0 aliphatic carbocycles. The van der Waals surface area contributed by atoms with Gasteiger partial charge in [-0.2, -0.15) is 0 Å². The van der Waals surface area contributed by atoms with Crippen LogP contribution >= 0.6 is 0 Å². The first-order chi connectivity index (χ1) is 15.9. The normalized spacial score (nSPS) is 18.0. The van der Waals surface area contributed by atoms with Crippen LogP contribution in [0, 0.1) is 19.8 Å². The average molecular weight is 450 g/mol. The predicted octanol–water partition coefficient (Wildman–Crippen LogP) is 5.47. The molecule has 0 saturated carbocycles. The van der Waals surface area contributed by atoms with Gasteiger partial charge in [-0.1, -0.05) is 38.8 Å². The number of nitrogens with zero attached hydrogens (tertiary/aromatic N) is 3. The lowest BCUT2D eigenvalue weighted by atomic mass is 9.94. The fraction of sp³-hybridized carbons (Fsp3) is 0.571. The van der Waals surface area contributed by atoms with E-state index in [-0.39, 0.29) is 11.8 Å². The van der Waals surface area contributed by atoms with Crippen molar-refractivity contribution in [3.05, 3.63) is 52.8 Å². The van der Waals surface area contributed by atoms with Crippen molar-refractivity contribution >= 4 is 11.8 Å². The Balaban J connectivity index is 1.45. The summed E-state index contributed by atoms with van der Waals surface area (Å²) in [4.78, 5) is 30.5. The minimum Gasteiger partial charge on any atom is -0.342 e. The molecule has 2 aliphatic rings. The summed E-state index contributed by atoms with van der Waals surface area (Å²) < 4.78 is 2.19. The van der Waals surface area contributed by atoms with Crippen molar-refractivity contribution in [1.29, 1.82) is 0 Å². The van der Waals surface area contributed by atoms with E-state index >= 15 is 0 Å². The smallest absolute Gasteiger partial charge is 0.255 e. The van der Waals surface area contributed by atoms with Gasteiger partial charge in [-0.15, -0.1) is 0 Å². The molecule has 1 aromatic carbocycles. The first kappa shape index (κ1) is 23.6. The van der Waals surface area contributed by atoms with E-state index in [0.717, 1.165) is 61.4 Å². The molecular weight excluding hydrogens is 410 g/mol. The van der Waals surface area contributed by atoms with Crippen molar-refractivity contribution in [3.8, 4) is 5.69 Å². The summed E-state index contributed by atoms with van der Waals surface area (Å²) in [7, 11) is 0. The molecule has 2 fully saturated rings. The van der Waals surface area contributed by atoms with E-state index < -0.39 is 0 Å². The highest BCUT2D eigenvalue weighted by Gasteiger charge is 2.31. The minimum absolute atomic E-state index is 0.0679. The molecule has 3 heterocycles. The third-order valence-electron chi connectivity index (χ3n) is 7.51. The van der Waals surface area contributed by atoms with E-state index in [2.05, 4.69) is 54.5 Å². The summed E-state index contributed by atoms with van der Waals surface area (Å²) >= 11 is 0. The van der Waals surface area contributed by atoms with Gasteiger partial charge < -0.3 is 14.4 Å². The molecule has 2 aromatic rings. The molecule has 2 amide bonds. The van der Waals surface area contributed by atoms with Crippen LogP contribution in [0.1, 0.15) is 85.6 Å². The Labute approximate surface area is 198 Å². The second kappa shape index (κ2) is 10.1. The van der Waals surface area contributed by atoms with E-state index in [1.165, 1.54) is 18.4 Å². The first-order valence-corrected chi connectivity index (χ1v) is 12.7. The lowest BCUT2D eigenvalue weighted by Crippen LogP contribution is -2.44. The van der Waals surface area contributed by atoms with Crippen LogP contribution in [0.3, 0.4) is 0 Å². The average Bonchev–Trinajstić information content (AvgIpc) is 2.99. The van der Waals surface area contributed by atoms with E-state index in [4.69, 9.17) is 0 Å². The molecule has 0 N–H and O–H groups in total. The summed E-state index contributed by atoms with van der Waals surface area (Å²) in [5, 5.41) is 0. The summed E-state index contributed by atoms with van der Waals surface area (Å²) in [5.74, 6) is 0.932. The van der Waals surface area contributed by atoms with Crippen molar-refractivity contribution in [2.45, 2.75) is 72.1 Å². The maximum Gasteiger partial charge on any atom is 0.255 e. The minimum atomic E-state index is 0.0679. The van der Waals surface area contributed by atoms with Gasteiger partial charge >= 0.3 is 0 Å². The SMILES string of the molecule is Cc1cc(C(=O)N2CCC(C(=O)N3CCCCCC3)CC2)c(C)n1-c1cccc(C(C)C)c1. The Morgan fingerprint density at radius 1 is 0.879 bits per heavy atom. The molecule has 0 spiro atoms. The van der Waals surface area contributed by atoms with E-state index in [1.54, 1.807) is 0 Å². The Hall–Kier alpha value is -2.56. The van der Waals surface area contributed by atoms with Crippen molar-refractivity contribution in [2.75, 3.05) is 26.2 Å². The van der Waals surface area contributed by atoms with Gasteiger partial charge in [-0.25, -0.2) is 0 Å². The fourth-order valence-electron chi connectivity index (χ4n) is 5.45. The van der Waals surface area contributed by atoms with Crippen LogP contribution < -0.4 is 0 Å². The van der Waals surface area contributed by atoms with Crippen LogP contribution in [0.25, 0.3) is 5.69 Å². The van der Waals surface area contributed by atoms with Gasteiger partial charge in [0.25, 0.3) is 5.91 Å². The number of hydrogen-bond acceptors (Lipinski definition) is 2. The number of benzene rings is 1. The highest BCUT2D eigenvalue weighted by Crippen LogP contribution is 2.27. The number of piperidine rings is 1. The summed E-state index contributed by atoms with van der Waals surface area (Å²) in [6.07, 6.45) is 6.26. The standard InChI is InChI=1S/C28H39N3O2/c1-20(2)24-10-9-11-25(19-24)31-21(3)18-26(22(31)4)28(33)30-16-12-23(13-17-30)27(32)29-14-7-5-6-8-15-29/h9-11,18-20,23H,5-8,12-17H2,1-4H3. The predicted molar refractivity (Wildman–Crippen MR) is 133 cm³/mol. The van der Waals surface area contributed by atoms with Crippen LogP contribution in [-0.2, 0) is 4.79 Å². The number of carbonyl (C=O) groups excluding carboxylic acids is 2. The maximum absolute atomic E-state index is 13.4.